The first-order valence-electron chi connectivity index (χ1n) is 5.09. The second-order valence-corrected chi connectivity index (χ2v) is 6.40. The standard InChI is InChI=1S/C11H15IO4S/c1-15-11-6-5-9(8-10(11)12)4-3-7-16-17(2,13)14/h5-6,8H,3-4,7H2,1-2H3. The molecule has 6 heteroatoms. The zero-order valence-corrected chi connectivity index (χ0v) is 12.7. The van der Waals surface area contributed by atoms with E-state index in [9.17, 15) is 8.42 Å². The van der Waals surface area contributed by atoms with E-state index in [1.165, 1.54) is 0 Å². The lowest BCUT2D eigenvalue weighted by Gasteiger charge is -2.06. The molecule has 0 bridgehead atoms. The monoisotopic (exact) mass is 370 g/mol. The van der Waals surface area contributed by atoms with Gasteiger partial charge >= 0.3 is 0 Å². The van der Waals surface area contributed by atoms with Crippen LogP contribution in [-0.2, 0) is 20.7 Å². The SMILES string of the molecule is COc1ccc(CCCOS(C)(=O)=O)cc1I. The third-order valence-electron chi connectivity index (χ3n) is 2.12. The highest BCUT2D eigenvalue weighted by Crippen LogP contribution is 2.22. The quantitative estimate of drug-likeness (QED) is 0.438. The Morgan fingerprint density at radius 1 is 1.35 bits per heavy atom. The molecule has 0 saturated heterocycles. The van der Waals surface area contributed by atoms with Crippen LogP contribution in [0.5, 0.6) is 5.75 Å². The molecule has 96 valence electrons. The Balaban J connectivity index is 2.45. The van der Waals surface area contributed by atoms with Crippen molar-refractivity contribution in [2.24, 2.45) is 0 Å². The molecule has 0 aliphatic carbocycles. The lowest BCUT2D eigenvalue weighted by atomic mass is 10.1. The Morgan fingerprint density at radius 3 is 2.59 bits per heavy atom. The van der Waals surface area contributed by atoms with Crippen molar-refractivity contribution in [3.63, 3.8) is 0 Å². The fraction of sp³-hybridized carbons (Fsp3) is 0.455. The summed E-state index contributed by atoms with van der Waals surface area (Å²) in [7, 11) is -1.68. The minimum absolute atomic E-state index is 0.224. The average molecular weight is 370 g/mol. The van der Waals surface area contributed by atoms with Gasteiger partial charge in [0, 0.05) is 0 Å². The van der Waals surface area contributed by atoms with Crippen LogP contribution in [0.3, 0.4) is 0 Å². The summed E-state index contributed by atoms with van der Waals surface area (Å²) >= 11 is 2.21. The molecule has 0 saturated carbocycles. The Bertz CT molecular complexity index is 470. The van der Waals surface area contributed by atoms with Gasteiger partial charge in [0.1, 0.15) is 5.75 Å². The Hall–Kier alpha value is -0.340. The predicted molar refractivity (Wildman–Crippen MR) is 74.8 cm³/mol. The van der Waals surface area contributed by atoms with Crippen LogP contribution in [-0.4, -0.2) is 28.4 Å². The highest BCUT2D eigenvalue weighted by molar-refractivity contribution is 14.1. The van der Waals surface area contributed by atoms with E-state index in [2.05, 4.69) is 26.8 Å². The van der Waals surface area contributed by atoms with Crippen LogP contribution >= 0.6 is 22.6 Å². The normalized spacial score (nSPS) is 11.5. The van der Waals surface area contributed by atoms with Crippen molar-refractivity contribution in [2.45, 2.75) is 12.8 Å². The molecule has 1 rings (SSSR count). The zero-order valence-electron chi connectivity index (χ0n) is 9.77. The molecule has 0 aliphatic rings. The van der Waals surface area contributed by atoms with Crippen LogP contribution in [0.4, 0.5) is 0 Å². The maximum Gasteiger partial charge on any atom is 0.264 e. The van der Waals surface area contributed by atoms with Gasteiger partial charge in [0.25, 0.3) is 10.1 Å². The van der Waals surface area contributed by atoms with Crippen molar-refractivity contribution in [1.29, 1.82) is 0 Å². The smallest absolute Gasteiger partial charge is 0.264 e. The van der Waals surface area contributed by atoms with Gasteiger partial charge in [-0.1, -0.05) is 6.07 Å². The summed E-state index contributed by atoms with van der Waals surface area (Å²) in [6.45, 7) is 0.224. The minimum atomic E-state index is -3.32. The van der Waals surface area contributed by atoms with Crippen LogP contribution in [0.1, 0.15) is 12.0 Å². The average Bonchev–Trinajstić information content (AvgIpc) is 2.23. The summed E-state index contributed by atoms with van der Waals surface area (Å²) in [6.07, 6.45) is 2.52. The number of halogens is 1. The van der Waals surface area contributed by atoms with Crippen molar-refractivity contribution < 1.29 is 17.3 Å². The first-order valence-corrected chi connectivity index (χ1v) is 7.99. The van der Waals surface area contributed by atoms with E-state index in [0.29, 0.717) is 6.42 Å². The fourth-order valence-electron chi connectivity index (χ4n) is 1.35. The van der Waals surface area contributed by atoms with Crippen molar-refractivity contribution in [1.82, 2.24) is 0 Å². The van der Waals surface area contributed by atoms with E-state index in [-0.39, 0.29) is 6.61 Å². The van der Waals surface area contributed by atoms with Gasteiger partial charge in [-0.2, -0.15) is 8.42 Å². The molecule has 0 unspecified atom stereocenters. The number of aryl methyl sites for hydroxylation is 1. The predicted octanol–water partition coefficient (Wildman–Crippen LogP) is 2.21. The van der Waals surface area contributed by atoms with Gasteiger partial charge < -0.3 is 4.74 Å². The Kier molecular flexibility index (Phi) is 5.68. The van der Waals surface area contributed by atoms with Crippen LogP contribution in [0, 0.1) is 3.57 Å². The largest absolute Gasteiger partial charge is 0.496 e. The third-order valence-corrected chi connectivity index (χ3v) is 3.56. The van der Waals surface area contributed by atoms with Crippen LogP contribution in [0.15, 0.2) is 18.2 Å². The van der Waals surface area contributed by atoms with Gasteiger partial charge in [-0.3, -0.25) is 4.18 Å². The number of hydrogen-bond acceptors (Lipinski definition) is 4. The first-order chi connectivity index (χ1) is 7.92. The van der Waals surface area contributed by atoms with E-state index in [4.69, 9.17) is 4.74 Å². The Labute approximate surface area is 116 Å². The molecule has 0 N–H and O–H groups in total. The Morgan fingerprint density at radius 2 is 2.06 bits per heavy atom. The van der Waals surface area contributed by atoms with E-state index in [1.807, 2.05) is 18.2 Å². The van der Waals surface area contributed by atoms with Crippen molar-refractivity contribution in [3.8, 4) is 5.75 Å². The molecule has 0 amide bonds. The van der Waals surface area contributed by atoms with Crippen molar-refractivity contribution in [2.75, 3.05) is 20.0 Å². The van der Waals surface area contributed by atoms with Gasteiger partial charge in [0.05, 0.1) is 23.5 Å². The molecule has 1 aromatic rings. The lowest BCUT2D eigenvalue weighted by molar-refractivity contribution is 0.316. The number of methoxy groups -OCH3 is 1. The summed E-state index contributed by atoms with van der Waals surface area (Å²) in [5.74, 6) is 0.849. The topological polar surface area (TPSA) is 52.6 Å². The first kappa shape index (κ1) is 14.7. The maximum absolute atomic E-state index is 10.7. The molecular formula is C11H15IO4S. The lowest BCUT2D eigenvalue weighted by Crippen LogP contribution is -2.05. The number of hydrogen-bond donors (Lipinski definition) is 0. The third kappa shape index (κ3) is 5.69. The van der Waals surface area contributed by atoms with Gasteiger partial charge in [-0.05, 0) is 53.1 Å². The highest BCUT2D eigenvalue weighted by atomic mass is 127. The molecule has 1 aromatic carbocycles. The van der Waals surface area contributed by atoms with E-state index in [1.54, 1.807) is 7.11 Å². The van der Waals surface area contributed by atoms with Crippen molar-refractivity contribution in [3.05, 3.63) is 27.3 Å². The van der Waals surface area contributed by atoms with E-state index < -0.39 is 10.1 Å². The summed E-state index contributed by atoms with van der Waals surface area (Å²) in [5.41, 5.74) is 1.15. The molecule has 0 heterocycles. The molecule has 0 aromatic heterocycles. The second-order valence-electron chi connectivity index (χ2n) is 3.60. The van der Waals surface area contributed by atoms with E-state index in [0.717, 1.165) is 27.6 Å². The number of ether oxygens (including phenoxy) is 1. The molecular weight excluding hydrogens is 355 g/mol. The molecule has 0 fully saturated rings. The van der Waals surface area contributed by atoms with Gasteiger partial charge in [0.15, 0.2) is 0 Å². The van der Waals surface area contributed by atoms with Crippen molar-refractivity contribution >= 4 is 32.7 Å². The molecule has 0 spiro atoms. The van der Waals surface area contributed by atoms with Gasteiger partial charge in [-0.15, -0.1) is 0 Å². The molecule has 4 nitrogen and oxygen atoms in total. The van der Waals surface area contributed by atoms with Gasteiger partial charge in [-0.25, -0.2) is 0 Å². The minimum Gasteiger partial charge on any atom is -0.496 e. The highest BCUT2D eigenvalue weighted by Gasteiger charge is 2.03. The summed E-state index contributed by atoms with van der Waals surface area (Å²) in [4.78, 5) is 0. The fourth-order valence-corrected chi connectivity index (χ4v) is 2.57. The molecule has 17 heavy (non-hydrogen) atoms. The van der Waals surface area contributed by atoms with Crippen LogP contribution in [0.2, 0.25) is 0 Å². The number of rotatable bonds is 6. The van der Waals surface area contributed by atoms with E-state index >= 15 is 0 Å². The van der Waals surface area contributed by atoms with Crippen LogP contribution in [0.25, 0.3) is 0 Å². The molecule has 0 radical (unpaired) electrons. The second kappa shape index (κ2) is 6.55. The maximum atomic E-state index is 10.7. The zero-order chi connectivity index (χ0) is 12.9. The van der Waals surface area contributed by atoms with Crippen LogP contribution < -0.4 is 4.74 Å². The number of benzene rings is 1. The molecule has 0 atom stereocenters. The van der Waals surface area contributed by atoms with Gasteiger partial charge in [0.2, 0.25) is 0 Å². The summed E-state index contributed by atoms with van der Waals surface area (Å²) < 4.78 is 32.4. The molecule has 0 aliphatic heterocycles. The summed E-state index contributed by atoms with van der Waals surface area (Å²) in [5, 5.41) is 0. The summed E-state index contributed by atoms with van der Waals surface area (Å²) in [6, 6.07) is 5.91.